The zero-order valence-corrected chi connectivity index (χ0v) is 10.4. The Morgan fingerprint density at radius 2 is 1.55 bits per heavy atom. The van der Waals surface area contributed by atoms with Crippen LogP contribution >= 0.6 is 0 Å². The van der Waals surface area contributed by atoms with Gasteiger partial charge in [-0.1, -0.05) is 6.92 Å². The molecule has 0 unspecified atom stereocenters. The Balaban J connectivity index is 2.71. The molecule has 0 atom stereocenters. The van der Waals surface area contributed by atoms with Crippen LogP contribution in [0.25, 0.3) is 0 Å². The zero-order chi connectivity index (χ0) is 15.3. The Bertz CT molecular complexity index is 489. The third kappa shape index (κ3) is 3.94. The van der Waals surface area contributed by atoms with Crippen LogP contribution in [-0.2, 0) is 9.59 Å². The van der Waals surface area contributed by atoms with Gasteiger partial charge in [0.05, 0.1) is 0 Å². The smallest absolute Gasteiger partial charge is 0.326 e. The van der Waals surface area contributed by atoms with Gasteiger partial charge in [-0.25, -0.2) is 8.78 Å². The summed E-state index contributed by atoms with van der Waals surface area (Å²) in [7, 11) is 0. The minimum absolute atomic E-state index is 0.0789. The van der Waals surface area contributed by atoms with Crippen molar-refractivity contribution in [3.8, 4) is 0 Å². The Morgan fingerprint density at radius 1 is 1.10 bits per heavy atom. The molecule has 0 saturated carbocycles. The molecule has 0 saturated heterocycles. The van der Waals surface area contributed by atoms with E-state index >= 15 is 0 Å². The first-order valence-corrected chi connectivity index (χ1v) is 5.64. The van der Waals surface area contributed by atoms with Crippen LogP contribution in [0.4, 0.5) is 28.9 Å². The second kappa shape index (κ2) is 6.36. The molecule has 0 radical (unpaired) electrons. The van der Waals surface area contributed by atoms with Crippen molar-refractivity contribution in [3.63, 3.8) is 0 Å². The molecule has 8 heteroatoms. The fourth-order valence-corrected chi connectivity index (χ4v) is 1.20. The highest BCUT2D eigenvalue weighted by Gasteiger charge is 2.48. The van der Waals surface area contributed by atoms with E-state index in [4.69, 9.17) is 0 Å². The molecule has 1 rings (SSSR count). The minimum atomic E-state index is -4.75. The highest BCUT2D eigenvalue weighted by atomic mass is 19.3. The summed E-state index contributed by atoms with van der Waals surface area (Å²) in [5, 5.41) is 4.18. The quantitative estimate of drug-likeness (QED) is 0.820. The van der Waals surface area contributed by atoms with E-state index in [1.807, 2.05) is 0 Å². The van der Waals surface area contributed by atoms with E-state index in [9.17, 15) is 27.2 Å². The van der Waals surface area contributed by atoms with Crippen LogP contribution in [0.15, 0.2) is 24.3 Å². The Kier molecular flexibility index (Phi) is 5.06. The SMILES string of the molecule is CCC(=O)Nc1ccc(NC(=O)C(F)(F)C(F)F)cc1. The lowest BCUT2D eigenvalue weighted by molar-refractivity contribution is -0.163. The van der Waals surface area contributed by atoms with E-state index in [0.717, 1.165) is 0 Å². The molecule has 0 aliphatic rings. The van der Waals surface area contributed by atoms with Crippen LogP contribution in [0.5, 0.6) is 0 Å². The second-order valence-electron chi connectivity index (χ2n) is 3.86. The summed E-state index contributed by atoms with van der Waals surface area (Å²) in [5.74, 6) is -7.08. The number of rotatable bonds is 5. The van der Waals surface area contributed by atoms with Crippen LogP contribution in [0, 0.1) is 0 Å². The third-order valence-corrected chi connectivity index (χ3v) is 2.32. The molecule has 0 spiro atoms. The molecule has 0 aliphatic carbocycles. The van der Waals surface area contributed by atoms with Gasteiger partial charge in [0.15, 0.2) is 0 Å². The van der Waals surface area contributed by atoms with Crippen molar-refractivity contribution in [1.29, 1.82) is 0 Å². The number of nitrogens with one attached hydrogen (secondary N) is 2. The Morgan fingerprint density at radius 3 is 1.95 bits per heavy atom. The molecule has 110 valence electrons. The van der Waals surface area contributed by atoms with Crippen molar-refractivity contribution in [2.75, 3.05) is 10.6 Å². The van der Waals surface area contributed by atoms with Crippen molar-refractivity contribution in [2.24, 2.45) is 0 Å². The summed E-state index contributed by atoms with van der Waals surface area (Å²) in [5.41, 5.74) is 0.320. The molecular formula is C12H12F4N2O2. The van der Waals surface area contributed by atoms with Crippen molar-refractivity contribution in [1.82, 2.24) is 0 Å². The number of alkyl halides is 4. The van der Waals surface area contributed by atoms with Crippen molar-refractivity contribution in [3.05, 3.63) is 24.3 Å². The van der Waals surface area contributed by atoms with Gasteiger partial charge in [0.2, 0.25) is 5.91 Å². The minimum Gasteiger partial charge on any atom is -0.326 e. The Labute approximate surface area is 112 Å². The lowest BCUT2D eigenvalue weighted by atomic mass is 10.2. The van der Waals surface area contributed by atoms with E-state index in [1.165, 1.54) is 24.3 Å². The number of hydrogen-bond acceptors (Lipinski definition) is 2. The van der Waals surface area contributed by atoms with Crippen molar-refractivity contribution < 1.29 is 27.2 Å². The van der Waals surface area contributed by atoms with Gasteiger partial charge in [0.25, 0.3) is 0 Å². The zero-order valence-electron chi connectivity index (χ0n) is 10.4. The van der Waals surface area contributed by atoms with Gasteiger partial charge < -0.3 is 10.6 Å². The number of amides is 2. The van der Waals surface area contributed by atoms with Crippen LogP contribution in [0.1, 0.15) is 13.3 Å². The maximum Gasteiger partial charge on any atom is 0.383 e. The summed E-state index contributed by atoms with van der Waals surface area (Å²) in [6.07, 6.45) is -3.82. The number of carbonyl (C=O) groups excluding carboxylic acids is 2. The molecule has 0 bridgehead atoms. The van der Waals surface area contributed by atoms with E-state index < -0.39 is 18.3 Å². The molecule has 0 aliphatic heterocycles. The lowest BCUT2D eigenvalue weighted by Crippen LogP contribution is -2.40. The predicted molar refractivity (Wildman–Crippen MR) is 64.9 cm³/mol. The van der Waals surface area contributed by atoms with Crippen LogP contribution in [-0.4, -0.2) is 24.2 Å². The summed E-state index contributed by atoms with van der Waals surface area (Å²) in [6.45, 7) is 1.65. The second-order valence-corrected chi connectivity index (χ2v) is 3.86. The largest absolute Gasteiger partial charge is 0.383 e. The number of benzene rings is 1. The molecule has 20 heavy (non-hydrogen) atoms. The molecule has 1 aromatic rings. The van der Waals surface area contributed by atoms with Crippen molar-refractivity contribution in [2.45, 2.75) is 25.7 Å². The van der Waals surface area contributed by atoms with Crippen molar-refractivity contribution >= 4 is 23.2 Å². The van der Waals surface area contributed by atoms with Crippen LogP contribution < -0.4 is 10.6 Å². The highest BCUT2D eigenvalue weighted by Crippen LogP contribution is 2.25. The van der Waals surface area contributed by atoms with E-state index in [1.54, 1.807) is 12.2 Å². The average Bonchev–Trinajstić information content (AvgIpc) is 2.40. The number of anilines is 2. The average molecular weight is 292 g/mol. The standard InChI is InChI=1S/C12H12F4N2O2/c1-2-9(19)17-7-3-5-8(6-4-7)18-11(20)12(15,16)10(13)14/h3-6,10H,2H2,1H3,(H,17,19)(H,18,20). The van der Waals surface area contributed by atoms with Gasteiger partial charge in [-0.15, -0.1) is 0 Å². The number of carbonyl (C=O) groups is 2. The first-order chi connectivity index (χ1) is 9.27. The van der Waals surface area contributed by atoms with Crippen LogP contribution in [0.2, 0.25) is 0 Å². The molecule has 0 aromatic heterocycles. The van der Waals surface area contributed by atoms with Gasteiger partial charge in [-0.3, -0.25) is 9.59 Å². The van der Waals surface area contributed by atoms with Gasteiger partial charge in [0.1, 0.15) is 0 Å². The van der Waals surface area contributed by atoms with E-state index in [2.05, 4.69) is 5.32 Å². The van der Waals surface area contributed by atoms with Gasteiger partial charge in [-0.05, 0) is 24.3 Å². The van der Waals surface area contributed by atoms with E-state index in [-0.39, 0.29) is 18.0 Å². The topological polar surface area (TPSA) is 58.2 Å². The van der Waals surface area contributed by atoms with Crippen LogP contribution in [0.3, 0.4) is 0 Å². The molecule has 2 amide bonds. The summed E-state index contributed by atoms with van der Waals surface area (Å²) < 4.78 is 49.3. The third-order valence-electron chi connectivity index (χ3n) is 2.32. The molecule has 0 fully saturated rings. The fraction of sp³-hybridized carbons (Fsp3) is 0.333. The molecule has 1 aromatic carbocycles. The van der Waals surface area contributed by atoms with Gasteiger partial charge in [-0.2, -0.15) is 8.78 Å². The normalized spacial score (nSPS) is 11.3. The first kappa shape index (κ1) is 15.9. The maximum atomic E-state index is 12.7. The van der Waals surface area contributed by atoms with E-state index in [0.29, 0.717) is 5.69 Å². The van der Waals surface area contributed by atoms with Gasteiger partial charge in [0, 0.05) is 17.8 Å². The fourth-order valence-electron chi connectivity index (χ4n) is 1.20. The first-order valence-electron chi connectivity index (χ1n) is 5.64. The summed E-state index contributed by atoms with van der Waals surface area (Å²) in [6, 6.07) is 5.13. The predicted octanol–water partition coefficient (Wildman–Crippen LogP) is 2.87. The lowest BCUT2D eigenvalue weighted by Gasteiger charge is -2.15. The number of halogens is 4. The summed E-state index contributed by atoms with van der Waals surface area (Å²) in [4.78, 5) is 22.1. The monoisotopic (exact) mass is 292 g/mol. The molecular weight excluding hydrogens is 280 g/mol. The highest BCUT2D eigenvalue weighted by molar-refractivity contribution is 5.97. The summed E-state index contributed by atoms with van der Waals surface area (Å²) >= 11 is 0. The van der Waals surface area contributed by atoms with Gasteiger partial charge >= 0.3 is 18.3 Å². The maximum absolute atomic E-state index is 12.7. The molecule has 4 nitrogen and oxygen atoms in total. The Hall–Kier alpha value is -2.12. The molecule has 0 heterocycles. The number of hydrogen-bond donors (Lipinski definition) is 2. The molecule has 2 N–H and O–H groups in total.